The van der Waals surface area contributed by atoms with Crippen LogP contribution in [0.1, 0.15) is 47.5 Å². The Kier molecular flexibility index (Phi) is 5.45. The lowest BCUT2D eigenvalue weighted by Crippen LogP contribution is -2.28. The first-order valence-corrected chi connectivity index (χ1v) is 11.6. The lowest BCUT2D eigenvalue weighted by Gasteiger charge is -2.24. The van der Waals surface area contributed by atoms with E-state index in [9.17, 15) is 9.59 Å². The molecule has 1 aromatic carbocycles. The van der Waals surface area contributed by atoms with E-state index in [-0.39, 0.29) is 23.8 Å². The van der Waals surface area contributed by atoms with Crippen molar-refractivity contribution in [2.45, 2.75) is 32.2 Å². The minimum atomic E-state index is -0.121. The van der Waals surface area contributed by atoms with E-state index in [0.717, 1.165) is 29.7 Å². The molecule has 1 fully saturated rings. The van der Waals surface area contributed by atoms with Gasteiger partial charge in [0, 0.05) is 28.1 Å². The topological polar surface area (TPSA) is 88.4 Å². The smallest absolute Gasteiger partial charge is 0.251 e. The van der Waals surface area contributed by atoms with Gasteiger partial charge in [-0.1, -0.05) is 24.6 Å². The van der Waals surface area contributed by atoms with E-state index < -0.39 is 0 Å². The Bertz CT molecular complexity index is 1260. The molecule has 3 aromatic heterocycles. The monoisotopic (exact) mass is 445 g/mol. The lowest BCUT2D eigenvalue weighted by molar-refractivity contribution is -0.122. The molecule has 7 nitrogen and oxygen atoms in total. The van der Waals surface area contributed by atoms with Gasteiger partial charge in [-0.25, -0.2) is 0 Å². The Morgan fingerprint density at radius 3 is 2.59 bits per heavy atom. The van der Waals surface area contributed by atoms with Crippen molar-refractivity contribution in [3.63, 3.8) is 0 Å². The number of carbonyl (C=O) groups excluding carboxylic acids is 2. The van der Waals surface area contributed by atoms with Gasteiger partial charge >= 0.3 is 0 Å². The number of thiophene rings is 1. The molecule has 1 aliphatic rings. The minimum Gasteiger partial charge on any atom is -0.345 e. The third kappa shape index (κ3) is 4.01. The molecule has 0 spiro atoms. The van der Waals surface area contributed by atoms with Gasteiger partial charge in [0.1, 0.15) is 0 Å². The highest BCUT2D eigenvalue weighted by Gasteiger charge is 2.25. The normalized spacial score (nSPS) is 14.7. The molecule has 1 aliphatic carbocycles. The van der Waals surface area contributed by atoms with E-state index in [2.05, 4.69) is 20.8 Å². The van der Waals surface area contributed by atoms with E-state index in [1.807, 2.05) is 59.3 Å². The second-order valence-electron chi connectivity index (χ2n) is 8.07. The number of fused-ring (bicyclic) bond motifs is 1. The summed E-state index contributed by atoms with van der Waals surface area (Å²) in [5.74, 6) is 0.716. The molecule has 4 aromatic rings. The molecule has 162 valence electrons. The SMILES string of the molecule is CC(NC(=O)c1ccc(-c2nnc3ccc(NC(=O)C4CCC4)cn23)cc1)c1cccs1. The van der Waals surface area contributed by atoms with Crippen LogP contribution in [0.4, 0.5) is 5.69 Å². The molecule has 8 heteroatoms. The predicted molar refractivity (Wildman–Crippen MR) is 125 cm³/mol. The van der Waals surface area contributed by atoms with E-state index in [0.29, 0.717) is 22.7 Å². The fourth-order valence-electron chi connectivity index (χ4n) is 3.74. The van der Waals surface area contributed by atoms with Crippen LogP contribution in [0.5, 0.6) is 0 Å². The van der Waals surface area contributed by atoms with Gasteiger partial charge in [-0.3, -0.25) is 14.0 Å². The van der Waals surface area contributed by atoms with Crippen molar-refractivity contribution >= 4 is 34.5 Å². The predicted octanol–water partition coefficient (Wildman–Crippen LogP) is 4.69. The molecule has 5 rings (SSSR count). The highest BCUT2D eigenvalue weighted by molar-refractivity contribution is 7.10. The van der Waals surface area contributed by atoms with Crippen molar-refractivity contribution in [3.8, 4) is 11.4 Å². The van der Waals surface area contributed by atoms with Crippen molar-refractivity contribution in [1.29, 1.82) is 0 Å². The van der Waals surface area contributed by atoms with Gasteiger partial charge in [0.05, 0.1) is 11.7 Å². The molecule has 1 atom stereocenters. The number of rotatable bonds is 6. The van der Waals surface area contributed by atoms with Gasteiger partial charge in [-0.15, -0.1) is 21.5 Å². The zero-order valence-electron chi connectivity index (χ0n) is 17.6. The van der Waals surface area contributed by atoms with Gasteiger partial charge in [0.15, 0.2) is 11.5 Å². The Morgan fingerprint density at radius 1 is 1.09 bits per heavy atom. The number of carbonyl (C=O) groups is 2. The molecule has 0 radical (unpaired) electrons. The highest BCUT2D eigenvalue weighted by Crippen LogP contribution is 2.28. The summed E-state index contributed by atoms with van der Waals surface area (Å²) in [6, 6.07) is 14.9. The average molecular weight is 446 g/mol. The van der Waals surface area contributed by atoms with Crippen LogP contribution in [-0.4, -0.2) is 26.4 Å². The van der Waals surface area contributed by atoms with Crippen LogP contribution in [0.15, 0.2) is 60.1 Å². The molecule has 3 heterocycles. The van der Waals surface area contributed by atoms with Gasteiger partial charge in [0.25, 0.3) is 5.91 Å². The maximum absolute atomic E-state index is 12.6. The Hall–Kier alpha value is -3.52. The fraction of sp³-hybridized carbons (Fsp3) is 0.250. The largest absolute Gasteiger partial charge is 0.345 e. The number of hydrogen-bond acceptors (Lipinski definition) is 5. The van der Waals surface area contributed by atoms with Crippen LogP contribution in [0.25, 0.3) is 17.0 Å². The average Bonchev–Trinajstić information content (AvgIpc) is 3.42. The molecule has 0 aliphatic heterocycles. The van der Waals surface area contributed by atoms with Crippen LogP contribution >= 0.6 is 11.3 Å². The van der Waals surface area contributed by atoms with Crippen molar-refractivity contribution in [2.24, 2.45) is 5.92 Å². The van der Waals surface area contributed by atoms with Gasteiger partial charge in [0.2, 0.25) is 5.91 Å². The summed E-state index contributed by atoms with van der Waals surface area (Å²) in [6.45, 7) is 1.97. The fourth-order valence-corrected chi connectivity index (χ4v) is 4.47. The summed E-state index contributed by atoms with van der Waals surface area (Å²) in [7, 11) is 0. The van der Waals surface area contributed by atoms with Gasteiger partial charge in [-0.05, 0) is 55.5 Å². The number of benzene rings is 1. The molecule has 1 saturated carbocycles. The summed E-state index contributed by atoms with van der Waals surface area (Å²) in [5.41, 5.74) is 2.82. The number of amides is 2. The van der Waals surface area contributed by atoms with Crippen LogP contribution < -0.4 is 10.6 Å². The van der Waals surface area contributed by atoms with E-state index in [1.165, 1.54) is 0 Å². The highest BCUT2D eigenvalue weighted by atomic mass is 32.1. The standard InChI is InChI=1S/C24H23N5O2S/c1-15(20-6-3-13-32-20)25-23(30)18-9-7-16(8-10-18)22-28-27-21-12-11-19(14-29(21)22)26-24(31)17-4-2-5-17/h3,6-15,17H,2,4-5H2,1H3,(H,25,30)(H,26,31). The number of nitrogens with zero attached hydrogens (tertiary/aromatic N) is 3. The van der Waals surface area contributed by atoms with Crippen molar-refractivity contribution in [1.82, 2.24) is 19.9 Å². The van der Waals surface area contributed by atoms with Crippen LogP contribution in [0, 0.1) is 5.92 Å². The Labute approximate surface area is 189 Å². The number of aromatic nitrogens is 3. The lowest BCUT2D eigenvalue weighted by atomic mass is 9.85. The summed E-state index contributed by atoms with van der Waals surface area (Å²) in [5, 5.41) is 16.5. The third-order valence-electron chi connectivity index (χ3n) is 5.87. The van der Waals surface area contributed by atoms with Crippen molar-refractivity contribution < 1.29 is 9.59 Å². The van der Waals surface area contributed by atoms with Crippen molar-refractivity contribution in [2.75, 3.05) is 5.32 Å². The van der Waals surface area contributed by atoms with Gasteiger partial charge in [-0.2, -0.15) is 0 Å². The number of pyridine rings is 1. The van der Waals surface area contributed by atoms with Crippen LogP contribution in [0.3, 0.4) is 0 Å². The van der Waals surface area contributed by atoms with E-state index in [1.54, 1.807) is 23.5 Å². The van der Waals surface area contributed by atoms with E-state index >= 15 is 0 Å². The maximum Gasteiger partial charge on any atom is 0.251 e. The second-order valence-corrected chi connectivity index (χ2v) is 9.05. The first-order chi connectivity index (χ1) is 15.6. The number of anilines is 1. The maximum atomic E-state index is 12.6. The zero-order chi connectivity index (χ0) is 22.1. The molecule has 2 amide bonds. The Balaban J connectivity index is 1.34. The quantitative estimate of drug-likeness (QED) is 0.451. The van der Waals surface area contributed by atoms with Crippen LogP contribution in [-0.2, 0) is 4.79 Å². The molecular formula is C24H23N5O2S. The minimum absolute atomic E-state index is 0.0452. The molecule has 32 heavy (non-hydrogen) atoms. The zero-order valence-corrected chi connectivity index (χ0v) is 18.4. The number of nitrogens with one attached hydrogen (secondary N) is 2. The van der Waals surface area contributed by atoms with Crippen LogP contribution in [0.2, 0.25) is 0 Å². The molecule has 0 bridgehead atoms. The van der Waals surface area contributed by atoms with E-state index in [4.69, 9.17) is 0 Å². The Morgan fingerprint density at radius 2 is 1.91 bits per heavy atom. The molecule has 2 N–H and O–H groups in total. The molecular weight excluding hydrogens is 422 g/mol. The molecule has 1 unspecified atom stereocenters. The number of hydrogen-bond donors (Lipinski definition) is 2. The third-order valence-corrected chi connectivity index (χ3v) is 6.92. The second kappa shape index (κ2) is 8.55. The first kappa shape index (κ1) is 20.4. The summed E-state index contributed by atoms with van der Waals surface area (Å²) < 4.78 is 1.85. The van der Waals surface area contributed by atoms with Crippen molar-refractivity contribution in [3.05, 3.63) is 70.5 Å². The summed E-state index contributed by atoms with van der Waals surface area (Å²) >= 11 is 1.62. The molecule has 0 saturated heterocycles. The summed E-state index contributed by atoms with van der Waals surface area (Å²) in [6.07, 6.45) is 4.87. The van der Waals surface area contributed by atoms with Gasteiger partial charge < -0.3 is 10.6 Å². The summed E-state index contributed by atoms with van der Waals surface area (Å²) in [4.78, 5) is 26.0. The first-order valence-electron chi connectivity index (χ1n) is 10.7.